The predicted molar refractivity (Wildman–Crippen MR) is 72.9 cm³/mol. The molecule has 0 saturated heterocycles. The quantitative estimate of drug-likeness (QED) is 0.922. The lowest BCUT2D eigenvalue weighted by Gasteiger charge is -2.17. The van der Waals surface area contributed by atoms with Crippen molar-refractivity contribution in [3.05, 3.63) is 48.0 Å². The summed E-state index contributed by atoms with van der Waals surface area (Å²) in [4.78, 5) is 11.4. The molecule has 2 rings (SSSR count). The van der Waals surface area contributed by atoms with Gasteiger partial charge in [0.15, 0.2) is 6.61 Å². The van der Waals surface area contributed by atoms with Crippen LogP contribution in [0, 0.1) is 0 Å². The van der Waals surface area contributed by atoms with Crippen LogP contribution in [0.1, 0.15) is 18.5 Å². The number of benzene rings is 2. The van der Waals surface area contributed by atoms with Crippen molar-refractivity contribution in [2.75, 3.05) is 6.61 Å². The van der Waals surface area contributed by atoms with Gasteiger partial charge >= 0.3 is 12.3 Å². The van der Waals surface area contributed by atoms with Crippen LogP contribution in [-0.4, -0.2) is 18.9 Å². The molecule has 112 valence electrons. The third-order valence-corrected chi connectivity index (χ3v) is 2.99. The molecule has 1 atom stereocenters. The van der Waals surface area contributed by atoms with E-state index < -0.39 is 24.9 Å². The Kier molecular flexibility index (Phi) is 4.35. The number of halogens is 3. The van der Waals surface area contributed by atoms with Gasteiger partial charge in [0, 0.05) is 0 Å². The van der Waals surface area contributed by atoms with Gasteiger partial charge in [-0.25, -0.2) is 4.79 Å². The summed E-state index contributed by atoms with van der Waals surface area (Å²) < 4.78 is 40.1. The van der Waals surface area contributed by atoms with E-state index in [1.54, 1.807) is 6.92 Å². The summed E-state index contributed by atoms with van der Waals surface area (Å²) in [5.41, 5.74) is 0.817. The Morgan fingerprint density at radius 3 is 2.57 bits per heavy atom. The van der Waals surface area contributed by atoms with Gasteiger partial charge in [-0.2, -0.15) is 13.2 Å². The molecule has 0 radical (unpaired) electrons. The van der Waals surface area contributed by atoms with Crippen molar-refractivity contribution in [3.63, 3.8) is 0 Å². The van der Waals surface area contributed by atoms with Gasteiger partial charge in [-0.05, 0) is 23.3 Å². The van der Waals surface area contributed by atoms with Crippen molar-refractivity contribution in [2.24, 2.45) is 0 Å². The molecule has 0 aliphatic heterocycles. The second-order valence-electron chi connectivity index (χ2n) is 4.63. The number of alkyl carbamates (subject to hydrolysis) is 1. The third kappa shape index (κ3) is 4.11. The number of amides is 1. The minimum atomic E-state index is -4.53. The summed E-state index contributed by atoms with van der Waals surface area (Å²) in [6.07, 6.45) is -5.62. The summed E-state index contributed by atoms with van der Waals surface area (Å²) in [6, 6.07) is 12.7. The van der Waals surface area contributed by atoms with E-state index in [9.17, 15) is 18.0 Å². The van der Waals surface area contributed by atoms with Gasteiger partial charge in [-0.15, -0.1) is 0 Å². The second kappa shape index (κ2) is 6.03. The Morgan fingerprint density at radius 1 is 1.19 bits per heavy atom. The molecule has 21 heavy (non-hydrogen) atoms. The molecule has 0 aliphatic rings. The highest BCUT2D eigenvalue weighted by Crippen LogP contribution is 2.24. The van der Waals surface area contributed by atoms with E-state index >= 15 is 0 Å². The standard InChI is InChI=1S/C15H14F3NO2/c1-10(19-14(20)21-9-15(16,17)18)12-8-4-6-11-5-2-3-7-13(11)12/h2-8,10H,9H2,1H3,(H,19,20). The number of rotatable bonds is 3. The second-order valence-corrected chi connectivity index (χ2v) is 4.63. The Balaban J connectivity index is 2.09. The summed E-state index contributed by atoms with van der Waals surface area (Å²) in [5.74, 6) is 0. The lowest BCUT2D eigenvalue weighted by molar-refractivity contribution is -0.160. The number of carbonyl (C=O) groups excluding carboxylic acids is 1. The van der Waals surface area contributed by atoms with Crippen LogP contribution in [0.4, 0.5) is 18.0 Å². The molecule has 1 N–H and O–H groups in total. The van der Waals surface area contributed by atoms with Crippen LogP contribution < -0.4 is 5.32 Å². The van der Waals surface area contributed by atoms with Gasteiger partial charge in [-0.1, -0.05) is 42.5 Å². The summed E-state index contributed by atoms with van der Waals surface area (Å²) in [6.45, 7) is 0.0950. The largest absolute Gasteiger partial charge is 0.440 e. The fourth-order valence-corrected chi connectivity index (χ4v) is 2.07. The number of nitrogens with one attached hydrogen (secondary N) is 1. The maximum atomic E-state index is 12.0. The van der Waals surface area contributed by atoms with E-state index in [-0.39, 0.29) is 0 Å². The van der Waals surface area contributed by atoms with Crippen LogP contribution in [-0.2, 0) is 4.74 Å². The summed E-state index contributed by atoms with van der Waals surface area (Å²) >= 11 is 0. The predicted octanol–water partition coefficient (Wildman–Crippen LogP) is 4.19. The molecule has 6 heteroatoms. The third-order valence-electron chi connectivity index (χ3n) is 2.99. The monoisotopic (exact) mass is 297 g/mol. The topological polar surface area (TPSA) is 38.3 Å². The number of alkyl halides is 3. The first-order valence-electron chi connectivity index (χ1n) is 6.34. The van der Waals surface area contributed by atoms with E-state index in [4.69, 9.17) is 0 Å². The fraction of sp³-hybridized carbons (Fsp3) is 0.267. The fourth-order valence-electron chi connectivity index (χ4n) is 2.07. The minimum Gasteiger partial charge on any atom is -0.440 e. The lowest BCUT2D eigenvalue weighted by Crippen LogP contribution is -2.31. The Morgan fingerprint density at radius 2 is 1.86 bits per heavy atom. The summed E-state index contributed by atoms with van der Waals surface area (Å²) in [7, 11) is 0. The molecule has 0 spiro atoms. The zero-order chi connectivity index (χ0) is 15.5. The van der Waals surface area contributed by atoms with Gasteiger partial charge in [0.25, 0.3) is 0 Å². The number of carbonyl (C=O) groups is 1. The van der Waals surface area contributed by atoms with E-state index in [1.165, 1.54) is 0 Å². The average molecular weight is 297 g/mol. The molecule has 1 amide bonds. The highest BCUT2D eigenvalue weighted by molar-refractivity contribution is 5.86. The first-order valence-corrected chi connectivity index (χ1v) is 6.34. The maximum Gasteiger partial charge on any atom is 0.422 e. The first kappa shape index (κ1) is 15.2. The number of fused-ring (bicyclic) bond motifs is 1. The van der Waals surface area contributed by atoms with Gasteiger partial charge in [-0.3, -0.25) is 0 Å². The molecular formula is C15H14F3NO2. The average Bonchev–Trinajstić information content (AvgIpc) is 2.43. The van der Waals surface area contributed by atoms with E-state index in [2.05, 4.69) is 10.1 Å². The van der Waals surface area contributed by atoms with Gasteiger partial charge < -0.3 is 10.1 Å². The Labute approximate surface area is 119 Å². The molecule has 0 aromatic heterocycles. The van der Waals surface area contributed by atoms with Crippen LogP contribution in [0.15, 0.2) is 42.5 Å². The molecule has 1 unspecified atom stereocenters. The van der Waals surface area contributed by atoms with E-state index in [1.807, 2.05) is 42.5 Å². The van der Waals surface area contributed by atoms with Crippen LogP contribution in [0.5, 0.6) is 0 Å². The minimum absolute atomic E-state index is 0.461. The molecular weight excluding hydrogens is 283 g/mol. The van der Waals surface area contributed by atoms with E-state index in [0.29, 0.717) is 0 Å². The SMILES string of the molecule is CC(NC(=O)OCC(F)(F)F)c1cccc2ccccc12. The first-order chi connectivity index (χ1) is 9.87. The number of hydrogen-bond donors (Lipinski definition) is 1. The smallest absolute Gasteiger partial charge is 0.422 e. The highest BCUT2D eigenvalue weighted by atomic mass is 19.4. The van der Waals surface area contributed by atoms with Gasteiger partial charge in [0.1, 0.15) is 0 Å². The lowest BCUT2D eigenvalue weighted by atomic mass is 10.00. The van der Waals surface area contributed by atoms with Gasteiger partial charge in [0.2, 0.25) is 0 Å². The molecule has 0 aliphatic carbocycles. The molecule has 0 bridgehead atoms. The molecule has 2 aromatic rings. The van der Waals surface area contributed by atoms with Crippen LogP contribution >= 0.6 is 0 Å². The van der Waals surface area contributed by atoms with Crippen LogP contribution in [0.3, 0.4) is 0 Å². The summed E-state index contributed by atoms with van der Waals surface area (Å²) in [5, 5.41) is 4.33. The molecule has 0 saturated carbocycles. The van der Waals surface area contributed by atoms with Crippen LogP contribution in [0.2, 0.25) is 0 Å². The van der Waals surface area contributed by atoms with E-state index in [0.717, 1.165) is 16.3 Å². The van der Waals surface area contributed by atoms with Crippen molar-refractivity contribution < 1.29 is 22.7 Å². The maximum absolute atomic E-state index is 12.0. The van der Waals surface area contributed by atoms with Crippen molar-refractivity contribution in [2.45, 2.75) is 19.1 Å². The molecule has 2 aromatic carbocycles. The highest BCUT2D eigenvalue weighted by Gasteiger charge is 2.29. The molecule has 0 heterocycles. The van der Waals surface area contributed by atoms with Crippen molar-refractivity contribution in [1.82, 2.24) is 5.32 Å². The number of hydrogen-bond acceptors (Lipinski definition) is 2. The van der Waals surface area contributed by atoms with Crippen molar-refractivity contribution >= 4 is 16.9 Å². The van der Waals surface area contributed by atoms with Crippen molar-refractivity contribution in [1.29, 1.82) is 0 Å². The molecule has 0 fully saturated rings. The Bertz CT molecular complexity index is 635. The molecule has 3 nitrogen and oxygen atoms in total. The van der Waals surface area contributed by atoms with Gasteiger partial charge in [0.05, 0.1) is 6.04 Å². The Hall–Kier alpha value is -2.24. The van der Waals surface area contributed by atoms with Crippen molar-refractivity contribution in [3.8, 4) is 0 Å². The number of ether oxygens (including phenoxy) is 1. The normalized spacial score (nSPS) is 13.0. The zero-order valence-corrected chi connectivity index (χ0v) is 11.3. The zero-order valence-electron chi connectivity index (χ0n) is 11.3. The van der Waals surface area contributed by atoms with Crippen LogP contribution in [0.25, 0.3) is 10.8 Å².